The molecule has 0 aromatic heterocycles. The lowest BCUT2D eigenvalue weighted by atomic mass is 10.0. The number of carboxylic acids is 1. The maximum atomic E-state index is 13.0. The van der Waals surface area contributed by atoms with Crippen LogP contribution in [0.1, 0.15) is 24.8 Å². The smallest absolute Gasteiger partial charge is 0.326 e. The van der Waals surface area contributed by atoms with E-state index in [1.54, 1.807) is 0 Å². The third kappa shape index (κ3) is 10.6. The number of nitrogens with two attached hydrogens (primary N) is 3. The molecule has 0 radical (unpaired) electrons. The van der Waals surface area contributed by atoms with Gasteiger partial charge in [0.2, 0.25) is 29.5 Å². The molecule has 0 saturated carbocycles. The predicted molar refractivity (Wildman–Crippen MR) is 129 cm³/mol. The lowest BCUT2D eigenvalue weighted by Crippen LogP contribution is -2.58. The number of amides is 5. The molecule has 36 heavy (non-hydrogen) atoms. The number of benzene rings is 1. The fourth-order valence-corrected chi connectivity index (χ4v) is 3.18. The number of thiol groups is 1. The number of primary amides is 2. The van der Waals surface area contributed by atoms with Crippen molar-refractivity contribution in [3.8, 4) is 5.75 Å². The van der Waals surface area contributed by atoms with E-state index in [4.69, 9.17) is 17.2 Å². The predicted octanol–water partition coefficient (Wildman–Crippen LogP) is -3.13. The molecule has 0 saturated heterocycles. The number of hydrogen-bond acceptors (Lipinski definition) is 9. The van der Waals surface area contributed by atoms with Gasteiger partial charge in [-0.3, -0.25) is 24.0 Å². The van der Waals surface area contributed by atoms with Gasteiger partial charge in [-0.2, -0.15) is 12.6 Å². The summed E-state index contributed by atoms with van der Waals surface area (Å²) in [5.41, 5.74) is 16.4. The lowest BCUT2D eigenvalue weighted by Gasteiger charge is -2.24. The minimum atomic E-state index is -1.62. The largest absolute Gasteiger partial charge is 0.508 e. The first-order chi connectivity index (χ1) is 16.8. The number of aromatic hydroxyl groups is 1. The number of phenols is 1. The zero-order valence-electron chi connectivity index (χ0n) is 19.2. The summed E-state index contributed by atoms with van der Waals surface area (Å²) in [6, 6.07) is 0.416. The number of carboxylic acid groups (broad SMARTS) is 1. The third-order valence-corrected chi connectivity index (χ3v) is 5.25. The number of aliphatic carboxylic acids is 1. The van der Waals surface area contributed by atoms with E-state index in [2.05, 4.69) is 28.6 Å². The number of rotatable bonds is 15. The van der Waals surface area contributed by atoms with Crippen molar-refractivity contribution in [3.05, 3.63) is 29.8 Å². The van der Waals surface area contributed by atoms with Gasteiger partial charge in [0.25, 0.3) is 0 Å². The summed E-state index contributed by atoms with van der Waals surface area (Å²) in [4.78, 5) is 71.4. The van der Waals surface area contributed by atoms with Crippen LogP contribution in [0.3, 0.4) is 0 Å². The molecule has 0 fully saturated rings. The standard InChI is InChI=1S/C21H30N6O8S/c22-12(5-6-16(23)29)18(31)25-13(7-10-1-3-11(28)4-2-10)19(32)27-15(9-36)20(33)26-14(21(34)35)8-17(24)30/h1-4,12-15,28,36H,5-9,22H2,(H2,23,29)(H2,24,30)(H,25,31)(H,26,33)(H,27,32)(H,34,35). The maximum absolute atomic E-state index is 13.0. The Morgan fingerprint density at radius 3 is 1.86 bits per heavy atom. The second kappa shape index (κ2) is 14.5. The van der Waals surface area contributed by atoms with Crippen LogP contribution in [0, 0.1) is 0 Å². The Balaban J connectivity index is 3.02. The zero-order valence-corrected chi connectivity index (χ0v) is 20.1. The van der Waals surface area contributed by atoms with Crippen molar-refractivity contribution in [2.45, 2.75) is 49.9 Å². The first kappa shape index (κ1) is 30.2. The summed E-state index contributed by atoms with van der Waals surface area (Å²) in [7, 11) is 0. The molecule has 1 rings (SSSR count). The molecule has 0 aliphatic rings. The number of phenolic OH excluding ortho intramolecular Hbond substituents is 1. The van der Waals surface area contributed by atoms with E-state index in [-0.39, 0.29) is 30.8 Å². The van der Waals surface area contributed by atoms with Crippen molar-refractivity contribution >= 4 is 48.1 Å². The summed E-state index contributed by atoms with van der Waals surface area (Å²) in [6.45, 7) is 0. The Morgan fingerprint density at radius 2 is 1.36 bits per heavy atom. The van der Waals surface area contributed by atoms with Crippen LogP contribution in [0.4, 0.5) is 0 Å². The van der Waals surface area contributed by atoms with Crippen LogP contribution in [-0.2, 0) is 35.2 Å². The number of nitrogens with one attached hydrogen (secondary N) is 3. The molecule has 0 spiro atoms. The van der Waals surface area contributed by atoms with E-state index in [1.807, 2.05) is 0 Å². The monoisotopic (exact) mass is 526 g/mol. The van der Waals surface area contributed by atoms with E-state index < -0.39 is 66.1 Å². The summed E-state index contributed by atoms with van der Waals surface area (Å²) >= 11 is 4.01. The Hall–Kier alpha value is -3.85. The molecule has 15 heteroatoms. The Morgan fingerprint density at radius 1 is 0.833 bits per heavy atom. The summed E-state index contributed by atoms with van der Waals surface area (Å²) in [5, 5.41) is 25.6. The van der Waals surface area contributed by atoms with Gasteiger partial charge >= 0.3 is 5.97 Å². The molecule has 0 bridgehead atoms. The van der Waals surface area contributed by atoms with Crippen molar-refractivity contribution in [3.63, 3.8) is 0 Å². The van der Waals surface area contributed by atoms with Crippen molar-refractivity contribution in [2.24, 2.45) is 17.2 Å². The molecule has 0 heterocycles. The molecule has 1 aromatic carbocycles. The highest BCUT2D eigenvalue weighted by Gasteiger charge is 2.30. The van der Waals surface area contributed by atoms with Gasteiger partial charge in [0, 0.05) is 18.6 Å². The van der Waals surface area contributed by atoms with E-state index in [0.717, 1.165) is 0 Å². The van der Waals surface area contributed by atoms with Crippen molar-refractivity contribution < 1.29 is 39.0 Å². The number of carbonyl (C=O) groups excluding carboxylic acids is 5. The minimum absolute atomic E-state index is 0.0204. The van der Waals surface area contributed by atoms with Crippen LogP contribution in [0.5, 0.6) is 5.75 Å². The zero-order chi connectivity index (χ0) is 27.4. The molecule has 4 unspecified atom stereocenters. The highest BCUT2D eigenvalue weighted by molar-refractivity contribution is 7.80. The maximum Gasteiger partial charge on any atom is 0.326 e. The van der Waals surface area contributed by atoms with Gasteiger partial charge in [0.15, 0.2) is 0 Å². The summed E-state index contributed by atoms with van der Waals surface area (Å²) in [5.74, 6) is -5.92. The van der Waals surface area contributed by atoms with Gasteiger partial charge in [-0.25, -0.2) is 4.79 Å². The van der Waals surface area contributed by atoms with Crippen LogP contribution in [-0.4, -0.2) is 75.6 Å². The molecule has 11 N–H and O–H groups in total. The molecule has 5 amide bonds. The first-order valence-electron chi connectivity index (χ1n) is 10.7. The molecule has 0 aliphatic heterocycles. The quantitative estimate of drug-likeness (QED) is 0.105. The van der Waals surface area contributed by atoms with E-state index in [1.165, 1.54) is 24.3 Å². The molecule has 0 aliphatic carbocycles. The van der Waals surface area contributed by atoms with Crippen LogP contribution >= 0.6 is 12.6 Å². The Bertz CT molecular complexity index is 974. The van der Waals surface area contributed by atoms with Crippen molar-refractivity contribution in [2.75, 3.05) is 5.75 Å². The summed E-state index contributed by atoms with van der Waals surface area (Å²) in [6.07, 6.45) is -0.952. The van der Waals surface area contributed by atoms with Crippen LogP contribution in [0.2, 0.25) is 0 Å². The van der Waals surface area contributed by atoms with Crippen LogP contribution in [0.15, 0.2) is 24.3 Å². The molecular weight excluding hydrogens is 496 g/mol. The van der Waals surface area contributed by atoms with Gasteiger partial charge in [0.05, 0.1) is 12.5 Å². The van der Waals surface area contributed by atoms with Crippen molar-refractivity contribution in [1.82, 2.24) is 16.0 Å². The second-order valence-corrected chi connectivity index (χ2v) is 8.22. The number of carbonyl (C=O) groups is 6. The Labute approximate surface area is 211 Å². The van der Waals surface area contributed by atoms with E-state index in [0.29, 0.717) is 5.56 Å². The molecular formula is C21H30N6O8S. The fraction of sp³-hybridized carbons (Fsp3) is 0.429. The van der Waals surface area contributed by atoms with Gasteiger partial charge in [-0.15, -0.1) is 0 Å². The Kier molecular flexibility index (Phi) is 12.2. The topological polar surface area (TPSA) is 257 Å². The molecule has 1 aromatic rings. The average Bonchev–Trinajstić information content (AvgIpc) is 2.80. The van der Waals surface area contributed by atoms with Gasteiger partial charge < -0.3 is 43.4 Å². The lowest BCUT2D eigenvalue weighted by molar-refractivity contribution is -0.143. The van der Waals surface area contributed by atoms with E-state index in [9.17, 15) is 39.0 Å². The average molecular weight is 527 g/mol. The van der Waals surface area contributed by atoms with Crippen LogP contribution in [0.25, 0.3) is 0 Å². The first-order valence-corrected chi connectivity index (χ1v) is 11.3. The van der Waals surface area contributed by atoms with Gasteiger partial charge in [-0.05, 0) is 24.1 Å². The molecule has 14 nitrogen and oxygen atoms in total. The van der Waals surface area contributed by atoms with Crippen LogP contribution < -0.4 is 33.2 Å². The van der Waals surface area contributed by atoms with E-state index >= 15 is 0 Å². The highest BCUT2D eigenvalue weighted by atomic mass is 32.1. The summed E-state index contributed by atoms with van der Waals surface area (Å²) < 4.78 is 0. The number of hydrogen-bond donors (Lipinski definition) is 9. The third-order valence-electron chi connectivity index (χ3n) is 4.88. The van der Waals surface area contributed by atoms with Gasteiger partial charge in [-0.1, -0.05) is 12.1 Å². The normalized spacial score (nSPS) is 13.9. The SMILES string of the molecule is NC(=O)CCC(N)C(=O)NC(Cc1ccc(O)cc1)C(=O)NC(CS)C(=O)NC(CC(N)=O)C(=O)O. The fourth-order valence-electron chi connectivity index (χ4n) is 2.92. The van der Waals surface area contributed by atoms with Crippen molar-refractivity contribution in [1.29, 1.82) is 0 Å². The van der Waals surface area contributed by atoms with Gasteiger partial charge in [0.1, 0.15) is 23.9 Å². The second-order valence-electron chi connectivity index (χ2n) is 7.86. The highest BCUT2D eigenvalue weighted by Crippen LogP contribution is 2.12. The molecule has 4 atom stereocenters. The molecule has 198 valence electrons. The minimum Gasteiger partial charge on any atom is -0.508 e.